The number of carboxylic acid groups (broad SMARTS) is 1. The first-order chi connectivity index (χ1) is 21.0. The molecule has 4 amide bonds. The fourth-order valence-corrected chi connectivity index (χ4v) is 5.38. The molecule has 0 aromatic heterocycles. The zero-order chi connectivity index (χ0) is 31.9. The zero-order valence-corrected chi connectivity index (χ0v) is 25.1. The van der Waals surface area contributed by atoms with Crippen molar-refractivity contribution in [2.75, 3.05) is 10.6 Å². The van der Waals surface area contributed by atoms with Crippen molar-refractivity contribution in [3.63, 3.8) is 0 Å². The maximum absolute atomic E-state index is 13.4. The third-order valence-electron chi connectivity index (χ3n) is 7.92. The van der Waals surface area contributed by atoms with E-state index in [-0.39, 0.29) is 49.4 Å². The number of carboxylic acids is 1. The van der Waals surface area contributed by atoms with Gasteiger partial charge in [-0.05, 0) is 68.5 Å². The summed E-state index contributed by atoms with van der Waals surface area (Å²) in [6, 6.07) is 22.4. The van der Waals surface area contributed by atoms with Crippen LogP contribution in [0.2, 0.25) is 0 Å². The first-order valence-corrected chi connectivity index (χ1v) is 14.6. The summed E-state index contributed by atoms with van der Waals surface area (Å²) in [6.07, 6.45) is 0.332. The van der Waals surface area contributed by atoms with Crippen LogP contribution in [0.1, 0.15) is 62.3 Å². The van der Waals surface area contributed by atoms with Gasteiger partial charge in [0.1, 0.15) is 0 Å². The lowest BCUT2D eigenvalue weighted by atomic mass is 9.90. The minimum absolute atomic E-state index is 0.0618. The van der Waals surface area contributed by atoms with Gasteiger partial charge >= 0.3 is 12.0 Å². The van der Waals surface area contributed by atoms with Crippen LogP contribution in [0.25, 0.3) is 0 Å². The van der Waals surface area contributed by atoms with Crippen LogP contribution in [0.4, 0.5) is 16.2 Å². The lowest BCUT2D eigenvalue weighted by Gasteiger charge is -2.30. The number of hydrogen-bond donors (Lipinski definition) is 4. The van der Waals surface area contributed by atoms with Gasteiger partial charge in [0.05, 0.1) is 23.9 Å². The molecule has 3 aromatic carbocycles. The van der Waals surface area contributed by atoms with E-state index < -0.39 is 23.5 Å². The number of aryl methyl sites for hydroxylation is 1. The molecule has 230 valence electrons. The summed E-state index contributed by atoms with van der Waals surface area (Å²) in [7, 11) is 0. The van der Waals surface area contributed by atoms with Crippen molar-refractivity contribution in [3.05, 3.63) is 95.6 Å². The number of carbonyl (C=O) groups is 5. The molecule has 1 heterocycles. The van der Waals surface area contributed by atoms with Crippen molar-refractivity contribution < 1.29 is 29.1 Å². The highest BCUT2D eigenvalue weighted by Crippen LogP contribution is 2.35. The van der Waals surface area contributed by atoms with Crippen LogP contribution in [0.5, 0.6) is 0 Å². The molecule has 0 bridgehead atoms. The number of amides is 4. The quantitative estimate of drug-likeness (QED) is 0.204. The molecule has 4 rings (SSSR count). The third-order valence-corrected chi connectivity index (χ3v) is 7.92. The fraction of sp³-hybridized carbons (Fsp3) is 0.324. The molecule has 0 spiro atoms. The van der Waals surface area contributed by atoms with E-state index in [4.69, 9.17) is 0 Å². The Labute approximate surface area is 256 Å². The number of aliphatic carboxylic acids is 1. The van der Waals surface area contributed by atoms with Gasteiger partial charge in [-0.3, -0.25) is 19.2 Å². The van der Waals surface area contributed by atoms with Crippen LogP contribution >= 0.6 is 0 Å². The van der Waals surface area contributed by atoms with Gasteiger partial charge in [0.2, 0.25) is 11.8 Å². The number of benzene rings is 3. The Hall–Kier alpha value is -4.99. The molecule has 0 saturated carbocycles. The van der Waals surface area contributed by atoms with Crippen LogP contribution in [-0.2, 0) is 25.7 Å². The van der Waals surface area contributed by atoms with Gasteiger partial charge < -0.3 is 26.0 Å². The summed E-state index contributed by atoms with van der Waals surface area (Å²) in [5.41, 5.74) is 2.71. The van der Waals surface area contributed by atoms with E-state index in [9.17, 15) is 29.1 Å². The standard InChI is InChI=1S/C34H38N4O6/c1-22-10-7-8-14-27(22)37-33(44)35-25-18-16-23(17-19-25)21-38-32(43)26(31(42)34(38,2)3)13-9-15-29(39)36-28(20-30(40)41)24-11-5-4-6-12-24/h4-8,10-12,14,16-19,26,28H,9,13,15,20-21H2,1-3H3,(H,36,39)(H,40,41)(H2,35,37,44)/t26?,28-/m0/s1. The van der Waals surface area contributed by atoms with Gasteiger partial charge in [-0.1, -0.05) is 60.7 Å². The van der Waals surface area contributed by atoms with Gasteiger partial charge in [0, 0.05) is 24.3 Å². The summed E-state index contributed by atoms with van der Waals surface area (Å²) >= 11 is 0. The highest BCUT2D eigenvalue weighted by molar-refractivity contribution is 6.12. The summed E-state index contributed by atoms with van der Waals surface area (Å²) in [4.78, 5) is 64.6. The predicted octanol–water partition coefficient (Wildman–Crippen LogP) is 5.45. The Bertz CT molecular complexity index is 1520. The van der Waals surface area contributed by atoms with Crippen LogP contribution in [0, 0.1) is 12.8 Å². The molecule has 1 aliphatic heterocycles. The Balaban J connectivity index is 1.31. The summed E-state index contributed by atoms with van der Waals surface area (Å²) in [6.45, 7) is 5.58. The summed E-state index contributed by atoms with van der Waals surface area (Å²) in [5.74, 6) is -2.70. The van der Waals surface area contributed by atoms with E-state index in [1.165, 1.54) is 0 Å². The molecule has 10 nitrogen and oxygen atoms in total. The Morgan fingerprint density at radius 1 is 0.909 bits per heavy atom. The number of carbonyl (C=O) groups excluding carboxylic acids is 4. The molecule has 0 radical (unpaired) electrons. The van der Waals surface area contributed by atoms with E-state index >= 15 is 0 Å². The highest BCUT2D eigenvalue weighted by Gasteiger charge is 2.51. The SMILES string of the molecule is Cc1ccccc1NC(=O)Nc1ccc(CN2C(=O)C(CCCC(=O)N[C@@H](CC(=O)O)c3ccccc3)C(=O)C2(C)C)cc1. The lowest BCUT2D eigenvalue weighted by molar-refractivity contribution is -0.138. The molecule has 10 heteroatoms. The number of anilines is 2. The number of hydrogen-bond acceptors (Lipinski definition) is 5. The van der Waals surface area contributed by atoms with E-state index in [0.29, 0.717) is 23.4 Å². The third kappa shape index (κ3) is 7.89. The van der Waals surface area contributed by atoms with Crippen LogP contribution in [0.15, 0.2) is 78.9 Å². The predicted molar refractivity (Wildman–Crippen MR) is 167 cm³/mol. The molecule has 3 aromatic rings. The first-order valence-electron chi connectivity index (χ1n) is 14.6. The number of nitrogens with one attached hydrogen (secondary N) is 3. The zero-order valence-electron chi connectivity index (χ0n) is 25.1. The molecule has 1 fully saturated rings. The summed E-state index contributed by atoms with van der Waals surface area (Å²) < 4.78 is 0. The van der Waals surface area contributed by atoms with E-state index in [1.54, 1.807) is 67.3 Å². The molecule has 4 N–H and O–H groups in total. The van der Waals surface area contributed by atoms with Crippen LogP contribution in [0.3, 0.4) is 0 Å². The maximum atomic E-state index is 13.4. The van der Waals surface area contributed by atoms with Crippen molar-refractivity contribution in [1.82, 2.24) is 10.2 Å². The molecular formula is C34H38N4O6. The highest BCUT2D eigenvalue weighted by atomic mass is 16.4. The van der Waals surface area contributed by atoms with Gasteiger partial charge in [-0.25, -0.2) is 4.79 Å². The Kier molecular flexibility index (Phi) is 10.2. The van der Waals surface area contributed by atoms with Crippen molar-refractivity contribution in [2.45, 2.75) is 64.6 Å². The fourth-order valence-electron chi connectivity index (χ4n) is 5.38. The lowest BCUT2D eigenvalue weighted by Crippen LogP contribution is -2.43. The van der Waals surface area contributed by atoms with Crippen molar-refractivity contribution in [2.24, 2.45) is 5.92 Å². The second-order valence-electron chi connectivity index (χ2n) is 11.5. The van der Waals surface area contributed by atoms with Gasteiger partial charge in [0.25, 0.3) is 0 Å². The monoisotopic (exact) mass is 598 g/mol. The van der Waals surface area contributed by atoms with Gasteiger partial charge in [-0.2, -0.15) is 0 Å². The van der Waals surface area contributed by atoms with Gasteiger partial charge in [-0.15, -0.1) is 0 Å². The first kappa shape index (κ1) is 31.9. The average molecular weight is 599 g/mol. The van der Waals surface area contributed by atoms with E-state index in [2.05, 4.69) is 16.0 Å². The van der Waals surface area contributed by atoms with E-state index in [0.717, 1.165) is 11.1 Å². The molecule has 2 atom stereocenters. The second-order valence-corrected chi connectivity index (χ2v) is 11.5. The number of para-hydroxylation sites is 1. The number of Topliss-reactive ketones (excluding diaryl/α,β-unsaturated/α-hetero) is 1. The number of likely N-dealkylation sites (tertiary alicyclic amines) is 1. The molecular weight excluding hydrogens is 560 g/mol. The number of nitrogens with zero attached hydrogens (tertiary/aromatic N) is 1. The smallest absolute Gasteiger partial charge is 0.323 e. The average Bonchev–Trinajstić information content (AvgIpc) is 3.14. The molecule has 1 unspecified atom stereocenters. The molecule has 0 aliphatic carbocycles. The van der Waals surface area contributed by atoms with Crippen molar-refractivity contribution >= 4 is 41.0 Å². The second kappa shape index (κ2) is 14.0. The number of urea groups is 1. The Morgan fingerprint density at radius 3 is 2.23 bits per heavy atom. The van der Waals surface area contributed by atoms with Crippen LogP contribution in [-0.4, -0.2) is 45.1 Å². The largest absolute Gasteiger partial charge is 0.481 e. The maximum Gasteiger partial charge on any atom is 0.323 e. The van der Waals surface area contributed by atoms with E-state index in [1.807, 2.05) is 37.3 Å². The minimum atomic E-state index is -1.03. The number of ketones is 1. The molecule has 1 aliphatic rings. The number of rotatable bonds is 12. The van der Waals surface area contributed by atoms with Crippen molar-refractivity contribution in [1.29, 1.82) is 0 Å². The minimum Gasteiger partial charge on any atom is -0.481 e. The summed E-state index contributed by atoms with van der Waals surface area (Å²) in [5, 5.41) is 17.7. The van der Waals surface area contributed by atoms with Gasteiger partial charge in [0.15, 0.2) is 5.78 Å². The normalized spacial score (nSPS) is 16.3. The topological polar surface area (TPSA) is 145 Å². The molecule has 1 saturated heterocycles. The van der Waals surface area contributed by atoms with Crippen LogP contribution < -0.4 is 16.0 Å². The van der Waals surface area contributed by atoms with Crippen molar-refractivity contribution in [3.8, 4) is 0 Å². The Morgan fingerprint density at radius 2 is 1.57 bits per heavy atom. The molecule has 44 heavy (non-hydrogen) atoms.